The first kappa shape index (κ1) is 18.3. The molecule has 2 aliphatic rings. The van der Waals surface area contributed by atoms with Gasteiger partial charge in [0.15, 0.2) is 0 Å². The Bertz CT molecular complexity index is 716. The number of hydrogen-bond donors (Lipinski definition) is 1. The molecule has 1 aromatic carbocycles. The number of sulfonamides is 1. The van der Waals surface area contributed by atoms with Crippen molar-refractivity contribution < 1.29 is 23.1 Å². The highest BCUT2D eigenvalue weighted by Crippen LogP contribution is 2.26. The van der Waals surface area contributed by atoms with Crippen molar-refractivity contribution in [2.24, 2.45) is 0 Å². The molecule has 0 saturated carbocycles. The number of hydrogen-bond acceptors (Lipinski definition) is 5. The quantitative estimate of drug-likeness (QED) is 0.842. The van der Waals surface area contributed by atoms with Crippen LogP contribution in [0.25, 0.3) is 0 Å². The van der Waals surface area contributed by atoms with Gasteiger partial charge in [0.05, 0.1) is 23.7 Å². The molecule has 0 aromatic heterocycles. The van der Waals surface area contributed by atoms with Crippen LogP contribution in [0.15, 0.2) is 29.2 Å². The number of ether oxygens (including phenoxy) is 1. The predicted octanol–water partition coefficient (Wildman–Crippen LogP) is 1.26. The van der Waals surface area contributed by atoms with Gasteiger partial charge in [-0.1, -0.05) is 12.5 Å². The summed E-state index contributed by atoms with van der Waals surface area (Å²) >= 11 is 0. The van der Waals surface area contributed by atoms with Gasteiger partial charge in [0.25, 0.3) is 0 Å². The predicted molar refractivity (Wildman–Crippen MR) is 92.2 cm³/mol. The lowest BCUT2D eigenvalue weighted by atomic mass is 10.0. The van der Waals surface area contributed by atoms with E-state index >= 15 is 0 Å². The van der Waals surface area contributed by atoms with Crippen LogP contribution in [-0.2, 0) is 14.8 Å². The van der Waals surface area contributed by atoms with Crippen molar-refractivity contribution >= 4 is 16.0 Å². The van der Waals surface area contributed by atoms with E-state index in [-0.39, 0.29) is 16.5 Å². The SMILES string of the molecule is O=C(O)c1cccc(S(=O)(=O)N2CCCC[C@@H]2CN2CCOCC2)c1. The number of aromatic carboxylic acids is 1. The number of nitrogens with zero attached hydrogens (tertiary/aromatic N) is 2. The zero-order valence-electron chi connectivity index (χ0n) is 14.1. The van der Waals surface area contributed by atoms with E-state index in [1.165, 1.54) is 24.3 Å². The van der Waals surface area contributed by atoms with E-state index in [0.29, 0.717) is 26.3 Å². The molecule has 2 saturated heterocycles. The summed E-state index contributed by atoms with van der Waals surface area (Å²) < 4.78 is 33.1. The fourth-order valence-corrected chi connectivity index (χ4v) is 5.21. The molecule has 1 aromatic rings. The molecule has 0 bridgehead atoms. The Morgan fingerprint density at radius 3 is 2.68 bits per heavy atom. The van der Waals surface area contributed by atoms with Crippen LogP contribution < -0.4 is 0 Å². The molecule has 2 fully saturated rings. The van der Waals surface area contributed by atoms with Crippen LogP contribution >= 0.6 is 0 Å². The molecule has 3 rings (SSSR count). The molecule has 1 atom stereocenters. The van der Waals surface area contributed by atoms with Gasteiger partial charge in [-0.05, 0) is 31.0 Å². The van der Waals surface area contributed by atoms with E-state index in [1.807, 2.05) is 0 Å². The second kappa shape index (κ2) is 7.82. The van der Waals surface area contributed by atoms with Gasteiger partial charge in [-0.3, -0.25) is 4.90 Å². The Kier molecular flexibility index (Phi) is 5.73. The van der Waals surface area contributed by atoms with Crippen molar-refractivity contribution in [3.63, 3.8) is 0 Å². The van der Waals surface area contributed by atoms with Crippen molar-refractivity contribution in [1.29, 1.82) is 0 Å². The minimum Gasteiger partial charge on any atom is -0.478 e. The fourth-order valence-electron chi connectivity index (χ4n) is 3.48. The van der Waals surface area contributed by atoms with Crippen LogP contribution in [0.3, 0.4) is 0 Å². The molecule has 0 spiro atoms. The number of morpholine rings is 1. The minimum atomic E-state index is -3.71. The van der Waals surface area contributed by atoms with Gasteiger partial charge >= 0.3 is 5.97 Å². The van der Waals surface area contributed by atoms with E-state index in [9.17, 15) is 13.2 Å². The molecule has 2 heterocycles. The largest absolute Gasteiger partial charge is 0.478 e. The lowest BCUT2D eigenvalue weighted by Crippen LogP contribution is -2.51. The van der Waals surface area contributed by atoms with Crippen molar-refractivity contribution in [2.75, 3.05) is 39.4 Å². The normalized spacial score (nSPS) is 23.4. The third kappa shape index (κ3) is 4.20. The van der Waals surface area contributed by atoms with Crippen molar-refractivity contribution in [3.05, 3.63) is 29.8 Å². The Hall–Kier alpha value is -1.48. The Morgan fingerprint density at radius 2 is 1.96 bits per heavy atom. The molecule has 0 unspecified atom stereocenters. The van der Waals surface area contributed by atoms with Crippen molar-refractivity contribution in [3.8, 4) is 0 Å². The number of carboxylic acids is 1. The van der Waals surface area contributed by atoms with Gasteiger partial charge in [-0.15, -0.1) is 0 Å². The maximum absolute atomic E-state index is 13.1. The monoisotopic (exact) mass is 368 g/mol. The van der Waals surface area contributed by atoms with E-state index in [4.69, 9.17) is 9.84 Å². The summed E-state index contributed by atoms with van der Waals surface area (Å²) in [5, 5.41) is 9.13. The number of benzene rings is 1. The number of carboxylic acid groups (broad SMARTS) is 1. The van der Waals surface area contributed by atoms with Gasteiger partial charge in [0, 0.05) is 32.2 Å². The average molecular weight is 368 g/mol. The molecule has 25 heavy (non-hydrogen) atoms. The molecule has 8 heteroatoms. The maximum atomic E-state index is 13.1. The van der Waals surface area contributed by atoms with E-state index in [1.54, 1.807) is 4.31 Å². The van der Waals surface area contributed by atoms with Crippen LogP contribution in [0, 0.1) is 0 Å². The number of rotatable bonds is 5. The smallest absolute Gasteiger partial charge is 0.335 e. The summed E-state index contributed by atoms with van der Waals surface area (Å²) in [5.41, 5.74) is -0.0113. The highest BCUT2D eigenvalue weighted by atomic mass is 32.2. The first-order valence-electron chi connectivity index (χ1n) is 8.64. The lowest BCUT2D eigenvalue weighted by molar-refractivity contribution is 0.0263. The zero-order valence-corrected chi connectivity index (χ0v) is 15.0. The first-order valence-corrected chi connectivity index (χ1v) is 10.1. The number of carbonyl (C=O) groups is 1. The molecule has 7 nitrogen and oxygen atoms in total. The van der Waals surface area contributed by atoms with Crippen molar-refractivity contribution in [2.45, 2.75) is 30.2 Å². The second-order valence-electron chi connectivity index (χ2n) is 6.51. The van der Waals surface area contributed by atoms with Crippen LogP contribution in [0.1, 0.15) is 29.6 Å². The highest BCUT2D eigenvalue weighted by molar-refractivity contribution is 7.89. The zero-order chi connectivity index (χ0) is 17.9. The van der Waals surface area contributed by atoms with Gasteiger partial charge in [0.1, 0.15) is 0 Å². The second-order valence-corrected chi connectivity index (χ2v) is 8.40. The minimum absolute atomic E-state index is 0.0113. The summed E-state index contributed by atoms with van der Waals surface area (Å²) in [6.45, 7) is 4.17. The standard InChI is InChI=1S/C17H24N2O5S/c20-17(21)14-4-3-6-16(12-14)25(22,23)19-7-2-1-5-15(19)13-18-8-10-24-11-9-18/h3-4,6,12,15H,1-2,5,7-11,13H2,(H,20,21)/t15-/m1/s1. The van der Waals surface area contributed by atoms with Crippen molar-refractivity contribution in [1.82, 2.24) is 9.21 Å². The molecular weight excluding hydrogens is 344 g/mol. The molecule has 1 N–H and O–H groups in total. The van der Waals surface area contributed by atoms with Crippen LogP contribution in [-0.4, -0.2) is 74.1 Å². The van der Waals surface area contributed by atoms with Crippen LogP contribution in [0.2, 0.25) is 0 Å². The van der Waals surface area contributed by atoms with Crippen LogP contribution in [0.5, 0.6) is 0 Å². The third-order valence-electron chi connectivity index (χ3n) is 4.83. The van der Waals surface area contributed by atoms with E-state index in [0.717, 1.165) is 32.4 Å². The topological polar surface area (TPSA) is 87.1 Å². The average Bonchev–Trinajstić information content (AvgIpc) is 2.63. The van der Waals surface area contributed by atoms with Gasteiger partial charge < -0.3 is 9.84 Å². The molecular formula is C17H24N2O5S. The lowest BCUT2D eigenvalue weighted by Gasteiger charge is -2.38. The Balaban J connectivity index is 1.82. The molecule has 138 valence electrons. The first-order chi connectivity index (χ1) is 12.0. The van der Waals surface area contributed by atoms with Gasteiger partial charge in [-0.25, -0.2) is 13.2 Å². The fraction of sp³-hybridized carbons (Fsp3) is 0.588. The molecule has 0 radical (unpaired) electrons. The summed E-state index contributed by atoms with van der Waals surface area (Å²) in [4.78, 5) is 13.5. The number of piperidine rings is 1. The van der Waals surface area contributed by atoms with E-state index < -0.39 is 16.0 Å². The van der Waals surface area contributed by atoms with Crippen LogP contribution in [0.4, 0.5) is 0 Å². The Morgan fingerprint density at radius 1 is 1.20 bits per heavy atom. The summed E-state index contributed by atoms with van der Waals surface area (Å²) in [7, 11) is -3.71. The van der Waals surface area contributed by atoms with Gasteiger partial charge in [0.2, 0.25) is 10.0 Å². The van der Waals surface area contributed by atoms with E-state index in [2.05, 4.69) is 4.90 Å². The Labute approximate surface area is 148 Å². The molecule has 0 amide bonds. The summed E-state index contributed by atoms with van der Waals surface area (Å²) in [5.74, 6) is -1.12. The summed E-state index contributed by atoms with van der Waals surface area (Å²) in [6, 6.07) is 5.53. The maximum Gasteiger partial charge on any atom is 0.335 e. The molecule has 2 aliphatic heterocycles. The molecule has 0 aliphatic carbocycles. The highest BCUT2D eigenvalue weighted by Gasteiger charge is 2.34. The third-order valence-corrected chi connectivity index (χ3v) is 6.78. The summed E-state index contributed by atoms with van der Waals surface area (Å²) in [6.07, 6.45) is 2.67. The van der Waals surface area contributed by atoms with Gasteiger partial charge in [-0.2, -0.15) is 4.31 Å².